The van der Waals surface area contributed by atoms with Crippen LogP contribution in [0.4, 0.5) is 0 Å². The number of primary amides is 1. The van der Waals surface area contributed by atoms with Crippen LogP contribution in [0.5, 0.6) is 0 Å². The van der Waals surface area contributed by atoms with E-state index >= 15 is 0 Å². The molecule has 0 radical (unpaired) electrons. The van der Waals surface area contributed by atoms with Gasteiger partial charge in [0.25, 0.3) is 0 Å². The van der Waals surface area contributed by atoms with Crippen molar-refractivity contribution in [1.29, 1.82) is 0 Å². The lowest BCUT2D eigenvalue weighted by Crippen LogP contribution is -2.51. The highest BCUT2D eigenvalue weighted by Crippen LogP contribution is 2.32. The molecule has 2 N–H and O–H groups in total. The third-order valence-electron chi connectivity index (χ3n) is 4.91. The van der Waals surface area contributed by atoms with E-state index in [4.69, 9.17) is 28.9 Å². The Morgan fingerprint density at radius 3 is 2.70 bits per heavy atom. The van der Waals surface area contributed by atoms with Crippen LogP contribution in [-0.4, -0.2) is 49.8 Å². The number of carbonyl (C=O) groups is 2. The molecule has 162 valence electrons. The molecule has 0 saturated carbocycles. The van der Waals surface area contributed by atoms with Crippen LogP contribution in [0.2, 0.25) is 10.0 Å². The van der Waals surface area contributed by atoms with Gasteiger partial charge >= 0.3 is 0 Å². The molecule has 1 aromatic heterocycles. The molecule has 2 amide bonds. The van der Waals surface area contributed by atoms with Gasteiger partial charge in [0.15, 0.2) is 11.0 Å². The first-order valence-corrected chi connectivity index (χ1v) is 11.6. The third-order valence-corrected chi connectivity index (χ3v) is 6.41. The van der Waals surface area contributed by atoms with Gasteiger partial charge in [0, 0.05) is 23.7 Å². The number of thioether (sulfide) groups is 1. The lowest BCUT2D eigenvalue weighted by molar-refractivity contribution is -0.138. The van der Waals surface area contributed by atoms with E-state index in [1.807, 2.05) is 10.6 Å². The first-order chi connectivity index (χ1) is 14.3. The Bertz CT molecular complexity index is 934. The van der Waals surface area contributed by atoms with E-state index in [0.717, 1.165) is 18.4 Å². The average Bonchev–Trinajstić information content (AvgIpc) is 3.07. The maximum absolute atomic E-state index is 12.8. The van der Waals surface area contributed by atoms with Crippen molar-refractivity contribution in [3.8, 4) is 11.4 Å². The van der Waals surface area contributed by atoms with E-state index in [1.165, 1.54) is 11.8 Å². The molecule has 3 rings (SSSR count). The lowest BCUT2D eigenvalue weighted by Gasteiger charge is -2.33. The SMILES string of the molecule is CC(C)Cn1c(SCC(=O)N2CCCCC2C(N)=O)nnc1-c1ccc(Cl)cc1Cl. The molecule has 0 spiro atoms. The Labute approximate surface area is 190 Å². The van der Waals surface area contributed by atoms with Crippen molar-refractivity contribution in [3.63, 3.8) is 0 Å². The Morgan fingerprint density at radius 1 is 1.27 bits per heavy atom. The quantitative estimate of drug-likeness (QED) is 0.620. The highest BCUT2D eigenvalue weighted by atomic mass is 35.5. The van der Waals surface area contributed by atoms with Gasteiger partial charge in [-0.2, -0.15) is 0 Å². The van der Waals surface area contributed by atoms with Gasteiger partial charge in [-0.1, -0.05) is 48.8 Å². The maximum Gasteiger partial charge on any atom is 0.240 e. The second kappa shape index (κ2) is 10.0. The van der Waals surface area contributed by atoms with Crippen molar-refractivity contribution in [2.45, 2.75) is 50.9 Å². The normalized spacial score (nSPS) is 16.8. The number of benzene rings is 1. The minimum absolute atomic E-state index is 0.117. The summed E-state index contributed by atoms with van der Waals surface area (Å²) in [6.45, 7) is 5.42. The number of piperidine rings is 1. The molecule has 1 atom stereocenters. The summed E-state index contributed by atoms with van der Waals surface area (Å²) in [7, 11) is 0. The van der Waals surface area contributed by atoms with Crippen molar-refractivity contribution in [1.82, 2.24) is 19.7 Å². The molecule has 0 aliphatic carbocycles. The van der Waals surface area contributed by atoms with Gasteiger partial charge in [-0.25, -0.2) is 0 Å². The zero-order valence-electron chi connectivity index (χ0n) is 17.0. The van der Waals surface area contributed by atoms with Crippen LogP contribution in [0.15, 0.2) is 23.4 Å². The number of halogens is 2. The average molecular weight is 470 g/mol. The minimum atomic E-state index is -0.524. The Balaban J connectivity index is 1.81. The monoisotopic (exact) mass is 469 g/mol. The lowest BCUT2D eigenvalue weighted by atomic mass is 10.0. The Kier molecular flexibility index (Phi) is 7.65. The summed E-state index contributed by atoms with van der Waals surface area (Å²) in [4.78, 5) is 26.1. The number of hydrogen-bond donors (Lipinski definition) is 1. The fraction of sp³-hybridized carbons (Fsp3) is 0.500. The van der Waals surface area contributed by atoms with Gasteiger partial charge in [-0.05, 0) is 43.4 Å². The van der Waals surface area contributed by atoms with Crippen molar-refractivity contribution >= 4 is 46.8 Å². The first-order valence-electron chi connectivity index (χ1n) is 9.88. The fourth-order valence-corrected chi connectivity index (χ4v) is 4.86. The van der Waals surface area contributed by atoms with E-state index in [9.17, 15) is 9.59 Å². The molecule has 1 saturated heterocycles. The fourth-order valence-electron chi connectivity index (χ4n) is 3.53. The standard InChI is InChI=1S/C20H25Cl2N5O2S/c1-12(2)10-27-19(14-7-6-13(21)9-15(14)22)24-25-20(27)30-11-17(28)26-8-4-3-5-16(26)18(23)29/h6-7,9,12,16H,3-5,8,10-11H2,1-2H3,(H2,23,29). The van der Waals surface area contributed by atoms with Crippen LogP contribution in [-0.2, 0) is 16.1 Å². The summed E-state index contributed by atoms with van der Waals surface area (Å²) in [5.74, 6) is 0.564. The minimum Gasteiger partial charge on any atom is -0.368 e. The Hall–Kier alpha value is -1.77. The number of nitrogens with zero attached hydrogens (tertiary/aromatic N) is 4. The molecule has 1 aromatic carbocycles. The highest BCUT2D eigenvalue weighted by Gasteiger charge is 2.31. The molecule has 1 aliphatic heterocycles. The van der Waals surface area contributed by atoms with Crippen LogP contribution >= 0.6 is 35.0 Å². The van der Waals surface area contributed by atoms with Crippen molar-refractivity contribution < 1.29 is 9.59 Å². The third kappa shape index (κ3) is 5.28. The molecular formula is C20H25Cl2N5O2S. The summed E-state index contributed by atoms with van der Waals surface area (Å²) in [5, 5.41) is 10.3. The molecule has 10 heteroatoms. The summed E-state index contributed by atoms with van der Waals surface area (Å²) >= 11 is 13.7. The predicted octanol–water partition coefficient (Wildman–Crippen LogP) is 3.87. The second-order valence-corrected chi connectivity index (χ2v) is 9.51. The van der Waals surface area contributed by atoms with Crippen LogP contribution < -0.4 is 5.73 Å². The van der Waals surface area contributed by atoms with Gasteiger partial charge in [0.2, 0.25) is 11.8 Å². The zero-order chi connectivity index (χ0) is 21.8. The number of likely N-dealkylation sites (tertiary alicyclic amines) is 1. The summed E-state index contributed by atoms with van der Waals surface area (Å²) < 4.78 is 1.97. The molecule has 2 aromatic rings. The number of nitrogens with two attached hydrogens (primary N) is 1. The number of aromatic nitrogens is 3. The molecule has 2 heterocycles. The molecule has 0 bridgehead atoms. The smallest absolute Gasteiger partial charge is 0.240 e. The van der Waals surface area contributed by atoms with Crippen molar-refractivity contribution in [2.75, 3.05) is 12.3 Å². The molecule has 1 fully saturated rings. The number of carbonyl (C=O) groups excluding carboxylic acids is 2. The predicted molar refractivity (Wildman–Crippen MR) is 120 cm³/mol. The summed E-state index contributed by atoms with van der Waals surface area (Å²) in [5.41, 5.74) is 6.22. The van der Waals surface area contributed by atoms with Gasteiger partial charge in [-0.15, -0.1) is 10.2 Å². The van der Waals surface area contributed by atoms with Crippen molar-refractivity contribution in [3.05, 3.63) is 28.2 Å². The molecular weight excluding hydrogens is 445 g/mol. The Morgan fingerprint density at radius 2 is 2.03 bits per heavy atom. The van der Waals surface area contributed by atoms with Crippen LogP contribution in [0, 0.1) is 5.92 Å². The number of hydrogen-bond acceptors (Lipinski definition) is 5. The maximum atomic E-state index is 12.8. The van der Waals surface area contributed by atoms with E-state index in [1.54, 1.807) is 17.0 Å². The van der Waals surface area contributed by atoms with E-state index in [0.29, 0.717) is 46.5 Å². The second-order valence-electron chi connectivity index (χ2n) is 7.72. The molecule has 1 aliphatic rings. The van der Waals surface area contributed by atoms with E-state index in [2.05, 4.69) is 24.0 Å². The summed E-state index contributed by atoms with van der Waals surface area (Å²) in [6.07, 6.45) is 2.40. The van der Waals surface area contributed by atoms with E-state index in [-0.39, 0.29) is 11.7 Å². The van der Waals surface area contributed by atoms with Gasteiger partial charge in [-0.3, -0.25) is 9.59 Å². The largest absolute Gasteiger partial charge is 0.368 e. The first kappa shape index (κ1) is 22.9. The number of amides is 2. The van der Waals surface area contributed by atoms with Gasteiger partial charge < -0.3 is 15.2 Å². The van der Waals surface area contributed by atoms with Crippen LogP contribution in [0.3, 0.4) is 0 Å². The summed E-state index contributed by atoms with van der Waals surface area (Å²) in [6, 6.07) is 4.72. The molecule has 1 unspecified atom stereocenters. The van der Waals surface area contributed by atoms with Gasteiger partial charge in [0.1, 0.15) is 6.04 Å². The zero-order valence-corrected chi connectivity index (χ0v) is 19.3. The van der Waals surface area contributed by atoms with Crippen LogP contribution in [0.25, 0.3) is 11.4 Å². The van der Waals surface area contributed by atoms with Crippen molar-refractivity contribution in [2.24, 2.45) is 11.7 Å². The number of rotatable bonds is 7. The van der Waals surface area contributed by atoms with E-state index < -0.39 is 11.9 Å². The van der Waals surface area contributed by atoms with Gasteiger partial charge in [0.05, 0.1) is 10.8 Å². The highest BCUT2D eigenvalue weighted by molar-refractivity contribution is 7.99. The topological polar surface area (TPSA) is 94.1 Å². The van der Waals surface area contributed by atoms with Crippen LogP contribution in [0.1, 0.15) is 33.1 Å². The molecule has 30 heavy (non-hydrogen) atoms. The molecule has 7 nitrogen and oxygen atoms in total.